The Morgan fingerprint density at radius 3 is 2.97 bits per heavy atom. The van der Waals surface area contributed by atoms with E-state index in [2.05, 4.69) is 25.3 Å². The summed E-state index contributed by atoms with van der Waals surface area (Å²) >= 11 is 0. The smallest absolute Gasteiger partial charge is 0.220 e. The molecule has 156 valence electrons. The van der Waals surface area contributed by atoms with Gasteiger partial charge in [0.15, 0.2) is 17.4 Å². The van der Waals surface area contributed by atoms with E-state index in [1.165, 1.54) is 18.6 Å². The highest BCUT2D eigenvalue weighted by molar-refractivity contribution is 6.06. The molecule has 0 spiro atoms. The molecule has 0 unspecified atom stereocenters. The van der Waals surface area contributed by atoms with Crippen molar-refractivity contribution in [2.45, 2.75) is 12.8 Å². The second-order valence-electron chi connectivity index (χ2n) is 6.94. The maximum absolute atomic E-state index is 12.1. The lowest BCUT2D eigenvalue weighted by Gasteiger charge is -2.19. The van der Waals surface area contributed by atoms with Gasteiger partial charge in [-0.25, -0.2) is 9.97 Å². The van der Waals surface area contributed by atoms with E-state index in [0.717, 1.165) is 0 Å². The topological polar surface area (TPSA) is 136 Å². The minimum absolute atomic E-state index is 0.0106. The third-order valence-corrected chi connectivity index (χ3v) is 4.81. The number of fused-ring (bicyclic) bond motifs is 2. The van der Waals surface area contributed by atoms with Gasteiger partial charge in [0.05, 0.1) is 23.2 Å². The van der Waals surface area contributed by atoms with Crippen LogP contribution in [0.5, 0.6) is 17.4 Å². The number of likely N-dealkylation sites (N-methyl/N-ethyl adjacent to an activating group) is 1. The van der Waals surface area contributed by atoms with E-state index in [4.69, 9.17) is 4.74 Å². The number of amides is 1. The number of hydrogen-bond donors (Lipinski definition) is 4. The number of hydrogen-bond acceptors (Lipinski definition) is 8. The molecule has 0 radical (unpaired) electrons. The number of ether oxygens (including phenoxy) is 1. The SMILES string of the molecule is CN1CCNC(=O)CCCOc2cc(ccc2O)N=Cc2c(O)[nH]c3ncnc1c23. The number of phenols is 1. The maximum Gasteiger partial charge on any atom is 0.220 e. The minimum Gasteiger partial charge on any atom is -0.504 e. The Hall–Kier alpha value is -3.82. The Morgan fingerprint density at radius 2 is 2.10 bits per heavy atom. The first-order chi connectivity index (χ1) is 14.5. The van der Waals surface area contributed by atoms with Gasteiger partial charge >= 0.3 is 0 Å². The quantitative estimate of drug-likeness (QED) is 0.444. The molecule has 1 amide bonds. The third kappa shape index (κ3) is 3.97. The van der Waals surface area contributed by atoms with Gasteiger partial charge in [-0.2, -0.15) is 0 Å². The van der Waals surface area contributed by atoms with Gasteiger partial charge in [0, 0.05) is 38.8 Å². The van der Waals surface area contributed by atoms with E-state index in [-0.39, 0.29) is 29.9 Å². The van der Waals surface area contributed by atoms with Gasteiger partial charge in [0.2, 0.25) is 5.91 Å². The number of carbonyl (C=O) groups excluding carboxylic acids is 1. The zero-order chi connectivity index (χ0) is 21.1. The van der Waals surface area contributed by atoms with Gasteiger partial charge in [0.25, 0.3) is 0 Å². The predicted octanol–water partition coefficient (Wildman–Crippen LogP) is 1.84. The molecule has 0 aliphatic carbocycles. The summed E-state index contributed by atoms with van der Waals surface area (Å²) in [5.74, 6) is 0.715. The van der Waals surface area contributed by atoms with Crippen LogP contribution >= 0.6 is 0 Å². The summed E-state index contributed by atoms with van der Waals surface area (Å²) in [4.78, 5) is 29.8. The van der Waals surface area contributed by atoms with Crippen LogP contribution in [-0.4, -0.2) is 64.0 Å². The van der Waals surface area contributed by atoms with Gasteiger partial charge in [-0.1, -0.05) is 0 Å². The maximum atomic E-state index is 12.1. The van der Waals surface area contributed by atoms with Crippen LogP contribution in [0.4, 0.5) is 11.5 Å². The zero-order valence-corrected chi connectivity index (χ0v) is 16.4. The molecule has 0 saturated heterocycles. The number of rotatable bonds is 0. The number of H-pyrrole nitrogens is 1. The second kappa shape index (κ2) is 8.27. The lowest BCUT2D eigenvalue weighted by molar-refractivity contribution is -0.121. The number of anilines is 1. The number of nitrogens with one attached hydrogen (secondary N) is 2. The van der Waals surface area contributed by atoms with Crippen molar-refractivity contribution >= 4 is 34.7 Å². The fourth-order valence-corrected chi connectivity index (χ4v) is 3.24. The van der Waals surface area contributed by atoms with Crippen LogP contribution in [-0.2, 0) is 4.79 Å². The third-order valence-electron chi connectivity index (χ3n) is 4.81. The second-order valence-corrected chi connectivity index (χ2v) is 6.94. The van der Waals surface area contributed by atoms with Gasteiger partial charge < -0.3 is 30.2 Å². The van der Waals surface area contributed by atoms with Crippen molar-refractivity contribution in [1.29, 1.82) is 0 Å². The first kappa shape index (κ1) is 19.5. The van der Waals surface area contributed by atoms with Gasteiger partial charge in [-0.3, -0.25) is 9.79 Å². The van der Waals surface area contributed by atoms with Gasteiger partial charge in [-0.05, 0) is 18.6 Å². The number of benzene rings is 1. The minimum atomic E-state index is -0.0784. The van der Waals surface area contributed by atoms with Crippen molar-refractivity contribution < 1.29 is 19.7 Å². The number of aromatic amines is 1. The van der Waals surface area contributed by atoms with Crippen LogP contribution in [0.1, 0.15) is 18.4 Å². The molecule has 1 aliphatic heterocycles. The molecule has 3 heterocycles. The Morgan fingerprint density at radius 1 is 1.23 bits per heavy atom. The molecular formula is C20H22N6O4. The van der Waals surface area contributed by atoms with E-state index in [1.807, 2.05) is 11.9 Å². The molecule has 4 rings (SSSR count). The van der Waals surface area contributed by atoms with Crippen molar-refractivity contribution in [2.24, 2.45) is 4.99 Å². The first-order valence-electron chi connectivity index (χ1n) is 9.56. The normalized spacial score (nSPS) is 15.5. The number of phenolic OH excluding ortho intramolecular Hbond substituents is 1. The number of aromatic nitrogens is 3. The Labute approximate surface area is 172 Å². The fraction of sp³-hybridized carbons (Fsp3) is 0.300. The number of aromatic hydroxyl groups is 2. The predicted molar refractivity (Wildman–Crippen MR) is 112 cm³/mol. The van der Waals surface area contributed by atoms with Crippen molar-refractivity contribution in [3.63, 3.8) is 0 Å². The molecule has 4 N–H and O–H groups in total. The average molecular weight is 410 g/mol. The Kier molecular flexibility index (Phi) is 5.38. The monoisotopic (exact) mass is 410 g/mol. The molecule has 0 fully saturated rings. The molecule has 10 heteroatoms. The molecule has 10 nitrogen and oxygen atoms in total. The van der Waals surface area contributed by atoms with Crippen LogP contribution in [0.3, 0.4) is 0 Å². The summed E-state index contributed by atoms with van der Waals surface area (Å²) in [5, 5.41) is 23.9. The number of carbonyl (C=O) groups is 1. The van der Waals surface area contributed by atoms with Gasteiger partial charge in [-0.15, -0.1) is 0 Å². The summed E-state index contributed by atoms with van der Waals surface area (Å²) in [6, 6.07) is 4.72. The number of nitrogens with zero attached hydrogens (tertiary/aromatic N) is 4. The number of aliphatic imine (C=N–C) groups is 1. The zero-order valence-electron chi connectivity index (χ0n) is 16.4. The highest BCUT2D eigenvalue weighted by Crippen LogP contribution is 2.33. The van der Waals surface area contributed by atoms with Crippen molar-refractivity contribution in [2.75, 3.05) is 31.6 Å². The summed E-state index contributed by atoms with van der Waals surface area (Å²) in [6.07, 6.45) is 3.76. The molecule has 0 saturated carbocycles. The molecule has 0 atom stereocenters. The molecular weight excluding hydrogens is 388 g/mol. The highest BCUT2D eigenvalue weighted by atomic mass is 16.5. The standard InChI is InChI=1S/C20H22N6O4/c1-26-7-6-21-16(28)3-2-8-30-15-9-12(4-5-14(15)27)22-10-13-17-18(25-20(13)29)23-11-24-19(17)26/h4-5,9-11,27,29H,2-3,6-8H2,1H3,(H,21,28)(H,23,24,25). The Balaban J connectivity index is 1.78. The lowest BCUT2D eigenvalue weighted by atomic mass is 10.2. The van der Waals surface area contributed by atoms with Crippen LogP contribution < -0.4 is 15.0 Å². The van der Waals surface area contributed by atoms with Gasteiger partial charge in [0.1, 0.15) is 17.8 Å². The molecule has 2 aromatic heterocycles. The van der Waals surface area contributed by atoms with E-state index in [1.54, 1.807) is 12.1 Å². The van der Waals surface area contributed by atoms with Crippen LogP contribution in [0.15, 0.2) is 29.5 Å². The Bertz CT molecular complexity index is 1110. The van der Waals surface area contributed by atoms with E-state index >= 15 is 0 Å². The van der Waals surface area contributed by atoms with Crippen molar-refractivity contribution in [3.8, 4) is 17.4 Å². The average Bonchev–Trinajstić information content (AvgIpc) is 3.05. The van der Waals surface area contributed by atoms with Crippen molar-refractivity contribution in [3.05, 3.63) is 30.1 Å². The molecule has 3 aromatic rings. The van der Waals surface area contributed by atoms with E-state index in [9.17, 15) is 15.0 Å². The van der Waals surface area contributed by atoms with Crippen molar-refractivity contribution in [1.82, 2.24) is 20.3 Å². The first-order valence-corrected chi connectivity index (χ1v) is 9.56. The lowest BCUT2D eigenvalue weighted by Crippen LogP contribution is -2.33. The fourth-order valence-electron chi connectivity index (χ4n) is 3.24. The summed E-state index contributed by atoms with van der Waals surface area (Å²) in [7, 11) is 1.85. The van der Waals surface area contributed by atoms with Crippen LogP contribution in [0.25, 0.3) is 11.0 Å². The molecule has 1 aliphatic rings. The van der Waals surface area contributed by atoms with E-state index < -0.39 is 0 Å². The summed E-state index contributed by atoms with van der Waals surface area (Å²) in [6.45, 7) is 1.24. The summed E-state index contributed by atoms with van der Waals surface area (Å²) in [5.41, 5.74) is 1.45. The van der Waals surface area contributed by atoms with Crippen LogP contribution in [0.2, 0.25) is 0 Å². The molecule has 30 heavy (non-hydrogen) atoms. The van der Waals surface area contributed by atoms with Crippen LogP contribution in [0, 0.1) is 0 Å². The highest BCUT2D eigenvalue weighted by Gasteiger charge is 2.18. The van der Waals surface area contributed by atoms with E-state index in [0.29, 0.717) is 54.0 Å². The summed E-state index contributed by atoms with van der Waals surface area (Å²) < 4.78 is 5.60. The molecule has 2 bridgehead atoms. The largest absolute Gasteiger partial charge is 0.504 e. The molecule has 1 aromatic carbocycles.